The highest BCUT2D eigenvalue weighted by molar-refractivity contribution is 6.30. The predicted molar refractivity (Wildman–Crippen MR) is 108 cm³/mol. The summed E-state index contributed by atoms with van der Waals surface area (Å²) in [6.45, 7) is 3.72. The number of carbonyl (C=O) groups excluding carboxylic acids is 1. The summed E-state index contributed by atoms with van der Waals surface area (Å²) in [5.41, 5.74) is 1.14. The summed E-state index contributed by atoms with van der Waals surface area (Å²) in [6, 6.07) is 10.2. The van der Waals surface area contributed by atoms with Gasteiger partial charge in [-0.25, -0.2) is 9.97 Å². The number of amides is 1. The average Bonchev–Trinajstić information content (AvgIpc) is 3.13. The van der Waals surface area contributed by atoms with E-state index in [0.29, 0.717) is 19.1 Å². The number of hydrogen-bond acceptors (Lipinski definition) is 6. The van der Waals surface area contributed by atoms with Gasteiger partial charge in [0.1, 0.15) is 18.0 Å². The number of rotatable bonds is 4. The van der Waals surface area contributed by atoms with Crippen molar-refractivity contribution in [3.05, 3.63) is 41.7 Å². The van der Waals surface area contributed by atoms with Crippen LogP contribution in [0.1, 0.15) is 6.42 Å². The van der Waals surface area contributed by atoms with E-state index in [0.717, 1.165) is 48.4 Å². The van der Waals surface area contributed by atoms with Gasteiger partial charge >= 0.3 is 0 Å². The molecular formula is C19H23ClN6O. The van der Waals surface area contributed by atoms with E-state index in [-0.39, 0.29) is 5.91 Å². The van der Waals surface area contributed by atoms with E-state index in [1.54, 1.807) is 11.2 Å². The van der Waals surface area contributed by atoms with Crippen LogP contribution in [-0.2, 0) is 4.79 Å². The van der Waals surface area contributed by atoms with Crippen LogP contribution < -0.4 is 15.1 Å². The second kappa shape index (κ2) is 7.60. The number of anilines is 3. The number of nitrogens with zero attached hydrogens (tertiary/aromatic N) is 5. The van der Waals surface area contributed by atoms with Crippen LogP contribution in [0.25, 0.3) is 0 Å². The van der Waals surface area contributed by atoms with E-state index in [9.17, 15) is 4.79 Å². The van der Waals surface area contributed by atoms with Crippen molar-refractivity contribution < 1.29 is 4.79 Å². The van der Waals surface area contributed by atoms with Crippen molar-refractivity contribution in [2.45, 2.75) is 12.5 Å². The molecule has 1 atom stereocenters. The Labute approximate surface area is 163 Å². The summed E-state index contributed by atoms with van der Waals surface area (Å²) in [7, 11) is 1.83. The van der Waals surface area contributed by atoms with Crippen molar-refractivity contribution in [2.75, 3.05) is 54.9 Å². The zero-order chi connectivity index (χ0) is 18.8. The molecule has 1 amide bonds. The topological polar surface area (TPSA) is 64.6 Å². The van der Waals surface area contributed by atoms with Crippen LogP contribution >= 0.6 is 11.6 Å². The first-order valence-corrected chi connectivity index (χ1v) is 9.54. The quantitative estimate of drug-likeness (QED) is 0.868. The maximum atomic E-state index is 11.9. The van der Waals surface area contributed by atoms with Gasteiger partial charge in [-0.2, -0.15) is 0 Å². The number of halogens is 1. The van der Waals surface area contributed by atoms with Gasteiger partial charge in [0.2, 0.25) is 5.91 Å². The molecule has 3 heterocycles. The van der Waals surface area contributed by atoms with Crippen molar-refractivity contribution in [2.24, 2.45) is 0 Å². The number of aromatic nitrogens is 2. The molecule has 2 aliphatic rings. The Kier molecular flexibility index (Phi) is 5.03. The number of benzene rings is 1. The van der Waals surface area contributed by atoms with Crippen molar-refractivity contribution >= 4 is 34.8 Å². The summed E-state index contributed by atoms with van der Waals surface area (Å²) < 4.78 is 0. The normalized spacial score (nSPS) is 20.3. The monoisotopic (exact) mass is 386 g/mol. The molecule has 2 aromatic rings. The SMILES string of the molecule is CN1CCN(c2cc(NC3CCN(c4cccc(Cl)c4)C3)ncn2)CC1=O. The van der Waals surface area contributed by atoms with E-state index < -0.39 is 0 Å². The summed E-state index contributed by atoms with van der Waals surface area (Å²) in [5.74, 6) is 1.70. The molecule has 0 saturated carbocycles. The van der Waals surface area contributed by atoms with Gasteiger partial charge in [0.25, 0.3) is 0 Å². The second-order valence-electron chi connectivity index (χ2n) is 7.05. The van der Waals surface area contributed by atoms with Gasteiger partial charge in [0.05, 0.1) is 6.54 Å². The van der Waals surface area contributed by atoms with Crippen LogP contribution in [-0.4, -0.2) is 66.6 Å². The minimum atomic E-state index is 0.113. The third kappa shape index (κ3) is 4.08. The van der Waals surface area contributed by atoms with Crippen LogP contribution in [0.15, 0.2) is 36.7 Å². The molecule has 0 bridgehead atoms. The number of piperazine rings is 1. The van der Waals surface area contributed by atoms with Crippen LogP contribution in [0, 0.1) is 0 Å². The molecule has 0 radical (unpaired) electrons. The fourth-order valence-electron chi connectivity index (χ4n) is 3.55. The molecule has 1 N–H and O–H groups in total. The van der Waals surface area contributed by atoms with E-state index in [4.69, 9.17) is 11.6 Å². The highest BCUT2D eigenvalue weighted by Crippen LogP contribution is 2.25. The van der Waals surface area contributed by atoms with Gasteiger partial charge in [0.15, 0.2) is 0 Å². The Bertz CT molecular complexity index is 831. The molecule has 0 spiro atoms. The molecule has 1 aromatic heterocycles. The van der Waals surface area contributed by atoms with Gasteiger partial charge < -0.3 is 20.0 Å². The minimum Gasteiger partial charge on any atom is -0.369 e. The van der Waals surface area contributed by atoms with Crippen molar-refractivity contribution in [3.63, 3.8) is 0 Å². The van der Waals surface area contributed by atoms with E-state index in [2.05, 4.69) is 26.3 Å². The molecule has 142 valence electrons. The lowest BCUT2D eigenvalue weighted by Crippen LogP contribution is -2.48. The number of carbonyl (C=O) groups is 1. The van der Waals surface area contributed by atoms with Crippen molar-refractivity contribution in [1.29, 1.82) is 0 Å². The Balaban J connectivity index is 1.40. The fourth-order valence-corrected chi connectivity index (χ4v) is 3.73. The highest BCUT2D eigenvalue weighted by atomic mass is 35.5. The predicted octanol–water partition coefficient (Wildman–Crippen LogP) is 2.10. The largest absolute Gasteiger partial charge is 0.369 e. The molecule has 8 heteroatoms. The van der Waals surface area contributed by atoms with E-state index in [1.165, 1.54) is 0 Å². The number of hydrogen-bond donors (Lipinski definition) is 1. The van der Waals surface area contributed by atoms with Gasteiger partial charge in [-0.3, -0.25) is 4.79 Å². The minimum absolute atomic E-state index is 0.113. The van der Waals surface area contributed by atoms with Crippen LogP contribution in [0.3, 0.4) is 0 Å². The molecule has 1 unspecified atom stereocenters. The standard InChI is InChI=1S/C19H23ClN6O/c1-24-7-8-26(12-19(24)27)18-10-17(21-13-22-18)23-15-5-6-25(11-15)16-4-2-3-14(20)9-16/h2-4,9-10,13,15H,5-8,11-12H2,1H3,(H,21,22,23). The van der Waals surface area contributed by atoms with Gasteiger partial charge in [-0.15, -0.1) is 0 Å². The molecule has 7 nitrogen and oxygen atoms in total. The Morgan fingerprint density at radius 1 is 1.15 bits per heavy atom. The fraction of sp³-hybridized carbons (Fsp3) is 0.421. The first-order valence-electron chi connectivity index (χ1n) is 9.16. The first kappa shape index (κ1) is 17.9. The summed E-state index contributed by atoms with van der Waals surface area (Å²) in [4.78, 5) is 26.7. The lowest BCUT2D eigenvalue weighted by atomic mass is 10.2. The maximum absolute atomic E-state index is 11.9. The molecule has 2 aliphatic heterocycles. The third-order valence-corrected chi connectivity index (χ3v) is 5.38. The Hall–Kier alpha value is -2.54. The van der Waals surface area contributed by atoms with E-state index in [1.807, 2.05) is 36.2 Å². The zero-order valence-corrected chi connectivity index (χ0v) is 16.1. The third-order valence-electron chi connectivity index (χ3n) is 5.15. The molecule has 2 fully saturated rings. The van der Waals surface area contributed by atoms with Gasteiger partial charge in [-0.1, -0.05) is 17.7 Å². The molecule has 4 rings (SSSR count). The van der Waals surface area contributed by atoms with Crippen molar-refractivity contribution in [3.8, 4) is 0 Å². The van der Waals surface area contributed by atoms with Crippen molar-refractivity contribution in [1.82, 2.24) is 14.9 Å². The lowest BCUT2D eigenvalue weighted by molar-refractivity contribution is -0.129. The first-order chi connectivity index (χ1) is 13.1. The van der Waals surface area contributed by atoms with Crippen LogP contribution in [0.5, 0.6) is 0 Å². The lowest BCUT2D eigenvalue weighted by Gasteiger charge is -2.32. The van der Waals surface area contributed by atoms with Gasteiger partial charge in [0, 0.05) is 56.0 Å². The molecule has 27 heavy (non-hydrogen) atoms. The maximum Gasteiger partial charge on any atom is 0.241 e. The number of nitrogens with one attached hydrogen (secondary N) is 1. The smallest absolute Gasteiger partial charge is 0.241 e. The summed E-state index contributed by atoms with van der Waals surface area (Å²) in [5, 5.41) is 4.26. The number of likely N-dealkylation sites (N-methyl/N-ethyl adjacent to an activating group) is 1. The molecule has 1 aromatic carbocycles. The Morgan fingerprint density at radius 3 is 2.85 bits per heavy atom. The van der Waals surface area contributed by atoms with Crippen LogP contribution in [0.4, 0.5) is 17.3 Å². The second-order valence-corrected chi connectivity index (χ2v) is 7.49. The zero-order valence-electron chi connectivity index (χ0n) is 15.3. The highest BCUT2D eigenvalue weighted by Gasteiger charge is 2.25. The van der Waals surface area contributed by atoms with Crippen LogP contribution in [0.2, 0.25) is 5.02 Å². The van der Waals surface area contributed by atoms with E-state index >= 15 is 0 Å². The molecule has 2 saturated heterocycles. The summed E-state index contributed by atoms with van der Waals surface area (Å²) >= 11 is 6.11. The summed E-state index contributed by atoms with van der Waals surface area (Å²) in [6.07, 6.45) is 2.59. The molecule has 0 aliphatic carbocycles. The molecular weight excluding hydrogens is 364 g/mol. The van der Waals surface area contributed by atoms with Gasteiger partial charge in [-0.05, 0) is 24.6 Å². The average molecular weight is 387 g/mol. The Morgan fingerprint density at radius 2 is 2.04 bits per heavy atom.